The molecule has 0 bridgehead atoms. The van der Waals surface area contributed by atoms with E-state index in [1.807, 2.05) is 4.40 Å². The number of rotatable bonds is 4. The molecule has 17 heavy (non-hydrogen) atoms. The maximum absolute atomic E-state index is 11.8. The van der Waals surface area contributed by atoms with Crippen molar-refractivity contribution in [3.8, 4) is 0 Å². The fourth-order valence-corrected chi connectivity index (χ4v) is 0.831. The number of halogens is 3. The molecule has 0 saturated carbocycles. The van der Waals surface area contributed by atoms with Crippen LogP contribution >= 0.6 is 0 Å². The van der Waals surface area contributed by atoms with Gasteiger partial charge >= 0.3 is 15.5 Å². The number of aliphatic hydroxyl groups is 2. The largest absolute Gasteiger partial charge is 0.589 e. The third kappa shape index (κ3) is 4.36. The summed E-state index contributed by atoms with van der Waals surface area (Å²) in [5, 5.41) is 28.0. The smallest absolute Gasteiger partial charge is 0.518 e. The molecule has 0 radical (unpaired) electrons. The van der Waals surface area contributed by atoms with Crippen molar-refractivity contribution in [1.82, 2.24) is 0 Å². The SMILES string of the molecule is CC(CO)(CO)O/C([O-])=N/S(=O)(=O)C(F)(F)F. The Morgan fingerprint density at radius 2 is 1.76 bits per heavy atom. The minimum Gasteiger partial charge on any atom is -0.589 e. The van der Waals surface area contributed by atoms with Gasteiger partial charge in [0.2, 0.25) is 0 Å². The summed E-state index contributed by atoms with van der Waals surface area (Å²) in [4.78, 5) is 0. The van der Waals surface area contributed by atoms with Crippen LogP contribution in [-0.2, 0) is 14.8 Å². The molecule has 0 heterocycles. The van der Waals surface area contributed by atoms with Gasteiger partial charge in [0.05, 0.1) is 18.8 Å². The Morgan fingerprint density at radius 1 is 1.35 bits per heavy atom. The van der Waals surface area contributed by atoms with Crippen LogP contribution in [0.1, 0.15) is 6.92 Å². The summed E-state index contributed by atoms with van der Waals surface area (Å²) in [6, 6.07) is 0. The molecule has 0 aromatic carbocycles. The Bertz CT molecular complexity index is 385. The minimum atomic E-state index is -6.00. The first-order valence-electron chi connectivity index (χ1n) is 3.96. The highest BCUT2D eigenvalue weighted by molar-refractivity contribution is 7.91. The minimum absolute atomic E-state index is 0.920. The Balaban J connectivity index is 5.03. The van der Waals surface area contributed by atoms with E-state index < -0.39 is 40.4 Å². The van der Waals surface area contributed by atoms with E-state index in [1.165, 1.54) is 0 Å². The van der Waals surface area contributed by atoms with Crippen LogP contribution in [0.15, 0.2) is 4.40 Å². The second kappa shape index (κ2) is 5.06. The molecule has 102 valence electrons. The Morgan fingerprint density at radius 3 is 2.06 bits per heavy atom. The van der Waals surface area contributed by atoms with E-state index >= 15 is 0 Å². The summed E-state index contributed by atoms with van der Waals surface area (Å²) in [6.45, 7) is -0.867. The number of aliphatic hydroxyl groups excluding tert-OH is 2. The van der Waals surface area contributed by atoms with Crippen LogP contribution in [0.25, 0.3) is 0 Å². The topological polar surface area (TPSA) is 119 Å². The molecule has 0 aliphatic heterocycles. The van der Waals surface area contributed by atoms with Gasteiger partial charge in [0.15, 0.2) is 6.08 Å². The molecule has 0 saturated heterocycles. The lowest BCUT2D eigenvalue weighted by Crippen LogP contribution is -2.43. The summed E-state index contributed by atoms with van der Waals surface area (Å²) in [5.41, 5.74) is -7.64. The second-order valence-corrected chi connectivity index (χ2v) is 4.74. The normalized spacial score (nSPS) is 14.8. The summed E-state index contributed by atoms with van der Waals surface area (Å²) < 4.78 is 62.1. The molecule has 2 N–H and O–H groups in total. The fourth-order valence-electron chi connectivity index (χ4n) is 0.494. The van der Waals surface area contributed by atoms with Gasteiger partial charge in [-0.2, -0.15) is 21.6 Å². The molecule has 0 fully saturated rings. The standard InChI is InChI=1S/C6H10F3NO6S/c1-5(2-11,3-12)16-4(13)10-17(14,15)6(7,8)9/h11-12H,2-3H2,1H3,(H,10,13)/p-1. The quantitative estimate of drug-likeness (QED) is 0.468. The van der Waals surface area contributed by atoms with Gasteiger partial charge < -0.3 is 20.1 Å². The zero-order chi connectivity index (χ0) is 13.9. The van der Waals surface area contributed by atoms with E-state index in [9.17, 15) is 26.7 Å². The number of alkyl halides is 3. The second-order valence-electron chi connectivity index (χ2n) is 3.15. The molecular weight excluding hydrogens is 271 g/mol. The van der Waals surface area contributed by atoms with Gasteiger partial charge in [-0.15, -0.1) is 4.40 Å². The van der Waals surface area contributed by atoms with Gasteiger partial charge in [-0.05, 0) is 6.92 Å². The highest BCUT2D eigenvalue weighted by atomic mass is 32.2. The number of hydrogen-bond acceptors (Lipinski definition) is 6. The predicted octanol–water partition coefficient (Wildman–Crippen LogP) is -1.69. The third-order valence-corrected chi connectivity index (χ3v) is 2.46. The van der Waals surface area contributed by atoms with E-state index in [4.69, 9.17) is 10.2 Å². The first kappa shape index (κ1) is 15.9. The van der Waals surface area contributed by atoms with Crippen molar-refractivity contribution in [3.05, 3.63) is 0 Å². The summed E-state index contributed by atoms with van der Waals surface area (Å²) in [5.74, 6) is 0. The molecule has 0 aliphatic carbocycles. The van der Waals surface area contributed by atoms with E-state index in [-0.39, 0.29) is 0 Å². The monoisotopic (exact) mass is 280 g/mol. The predicted molar refractivity (Wildman–Crippen MR) is 46.1 cm³/mol. The van der Waals surface area contributed by atoms with Crippen molar-refractivity contribution in [2.75, 3.05) is 13.2 Å². The molecule has 0 aromatic rings. The van der Waals surface area contributed by atoms with Crippen molar-refractivity contribution in [2.24, 2.45) is 4.40 Å². The van der Waals surface area contributed by atoms with Crippen molar-refractivity contribution in [2.45, 2.75) is 18.0 Å². The van der Waals surface area contributed by atoms with Gasteiger partial charge in [-0.1, -0.05) is 0 Å². The molecule has 0 aromatic heterocycles. The van der Waals surface area contributed by atoms with Crippen LogP contribution in [-0.4, -0.2) is 49.0 Å². The van der Waals surface area contributed by atoms with E-state index in [0.29, 0.717) is 0 Å². The van der Waals surface area contributed by atoms with Gasteiger partial charge in [0, 0.05) is 0 Å². The van der Waals surface area contributed by atoms with E-state index in [1.54, 1.807) is 0 Å². The van der Waals surface area contributed by atoms with Crippen molar-refractivity contribution in [3.63, 3.8) is 0 Å². The first-order valence-corrected chi connectivity index (χ1v) is 5.40. The molecule has 0 unspecified atom stereocenters. The van der Waals surface area contributed by atoms with Crippen LogP contribution in [0.2, 0.25) is 0 Å². The molecule has 7 nitrogen and oxygen atoms in total. The molecule has 0 amide bonds. The average Bonchev–Trinajstić information content (AvgIpc) is 2.14. The molecule has 11 heteroatoms. The molecule has 0 aliphatic rings. The van der Waals surface area contributed by atoms with Crippen LogP contribution < -0.4 is 5.11 Å². The lowest BCUT2D eigenvalue weighted by atomic mass is 10.1. The van der Waals surface area contributed by atoms with Crippen molar-refractivity contribution < 1.29 is 41.6 Å². The molecule has 0 atom stereocenters. The zero-order valence-electron chi connectivity index (χ0n) is 8.43. The number of hydrogen-bond donors (Lipinski definition) is 2. The van der Waals surface area contributed by atoms with Gasteiger partial charge in [-0.3, -0.25) is 0 Å². The van der Waals surface area contributed by atoms with Gasteiger partial charge in [0.1, 0.15) is 0 Å². The highest BCUT2D eigenvalue weighted by Gasteiger charge is 2.46. The van der Waals surface area contributed by atoms with Crippen LogP contribution in [0, 0.1) is 0 Å². The molecule has 0 spiro atoms. The maximum atomic E-state index is 11.8. The number of ether oxygens (including phenoxy) is 1. The van der Waals surface area contributed by atoms with E-state index in [2.05, 4.69) is 4.74 Å². The maximum Gasteiger partial charge on any atom is 0.518 e. The molecular formula is C6H9F3NO6S-. The number of nitrogens with zero attached hydrogens (tertiary/aromatic N) is 1. The summed E-state index contributed by atoms with van der Waals surface area (Å²) in [7, 11) is -6.00. The van der Waals surface area contributed by atoms with Crippen LogP contribution in [0.5, 0.6) is 0 Å². The Labute approximate surface area is 94.2 Å². The number of sulfonamides is 1. The van der Waals surface area contributed by atoms with Crippen LogP contribution in [0.3, 0.4) is 0 Å². The average molecular weight is 280 g/mol. The molecule has 0 rings (SSSR count). The van der Waals surface area contributed by atoms with E-state index in [0.717, 1.165) is 6.92 Å². The van der Waals surface area contributed by atoms with Gasteiger partial charge in [0.25, 0.3) is 0 Å². The summed E-state index contributed by atoms with van der Waals surface area (Å²) >= 11 is 0. The fraction of sp³-hybridized carbons (Fsp3) is 0.833. The lowest BCUT2D eigenvalue weighted by Gasteiger charge is -2.33. The van der Waals surface area contributed by atoms with Gasteiger partial charge in [-0.25, -0.2) is 0 Å². The Hall–Kier alpha value is -1.07. The zero-order valence-corrected chi connectivity index (χ0v) is 9.25. The lowest BCUT2D eigenvalue weighted by molar-refractivity contribution is -0.266. The van der Waals surface area contributed by atoms with Crippen molar-refractivity contribution in [1.29, 1.82) is 0 Å². The highest BCUT2D eigenvalue weighted by Crippen LogP contribution is 2.24. The first-order chi connectivity index (χ1) is 7.47. The summed E-state index contributed by atoms with van der Waals surface area (Å²) in [6.07, 6.45) is -2.08. The van der Waals surface area contributed by atoms with Crippen molar-refractivity contribution >= 4 is 16.1 Å². The van der Waals surface area contributed by atoms with Crippen LogP contribution in [0.4, 0.5) is 13.2 Å². The third-order valence-electron chi connectivity index (χ3n) is 1.49. The Kier molecular flexibility index (Phi) is 4.74.